The normalized spacial score (nSPS) is 13.7. The van der Waals surface area contributed by atoms with Gasteiger partial charge in [0.1, 0.15) is 0 Å². The molecule has 1 heterocycles. The lowest BCUT2D eigenvalue weighted by molar-refractivity contribution is 0.392. The van der Waals surface area contributed by atoms with Gasteiger partial charge in [-0.1, -0.05) is 60.7 Å². The highest BCUT2D eigenvalue weighted by Gasteiger charge is 2.20. The zero-order valence-electron chi connectivity index (χ0n) is 12.3. The van der Waals surface area contributed by atoms with Gasteiger partial charge in [-0.15, -0.1) is 0 Å². The van der Waals surface area contributed by atoms with Crippen molar-refractivity contribution in [2.75, 3.05) is 0 Å². The molecule has 4 heteroatoms. The van der Waals surface area contributed by atoms with Gasteiger partial charge in [-0.3, -0.25) is 10.00 Å². The molecule has 0 aliphatic rings. The average molecular weight is 292 g/mol. The lowest BCUT2D eigenvalue weighted by atomic mass is 9.94. The van der Waals surface area contributed by atoms with E-state index in [1.807, 2.05) is 53.3 Å². The summed E-state index contributed by atoms with van der Waals surface area (Å²) in [5.74, 6) is 0. The van der Waals surface area contributed by atoms with Gasteiger partial charge in [-0.2, -0.15) is 5.10 Å². The van der Waals surface area contributed by atoms with E-state index in [-0.39, 0.29) is 12.1 Å². The van der Waals surface area contributed by atoms with E-state index in [4.69, 9.17) is 5.73 Å². The van der Waals surface area contributed by atoms with E-state index in [1.165, 1.54) is 5.56 Å². The number of rotatable bonds is 6. The summed E-state index contributed by atoms with van der Waals surface area (Å²) in [4.78, 5) is 0. The van der Waals surface area contributed by atoms with Crippen molar-refractivity contribution in [3.8, 4) is 0 Å². The smallest absolute Gasteiger partial charge is 0.0909 e. The Morgan fingerprint density at radius 2 is 1.55 bits per heavy atom. The maximum absolute atomic E-state index is 6.52. The first-order valence-corrected chi connectivity index (χ1v) is 7.41. The first-order valence-electron chi connectivity index (χ1n) is 7.41. The molecule has 4 nitrogen and oxygen atoms in total. The van der Waals surface area contributed by atoms with Gasteiger partial charge < -0.3 is 5.73 Å². The summed E-state index contributed by atoms with van der Waals surface area (Å²) >= 11 is 0. The van der Waals surface area contributed by atoms with Crippen LogP contribution in [0.25, 0.3) is 0 Å². The van der Waals surface area contributed by atoms with Gasteiger partial charge in [0, 0.05) is 18.4 Å². The maximum atomic E-state index is 6.52. The van der Waals surface area contributed by atoms with E-state index in [0.717, 1.165) is 5.56 Å². The van der Waals surface area contributed by atoms with Crippen molar-refractivity contribution in [2.24, 2.45) is 5.73 Å². The molecule has 0 saturated carbocycles. The molecule has 0 aliphatic heterocycles. The zero-order chi connectivity index (χ0) is 15.2. The van der Waals surface area contributed by atoms with E-state index in [9.17, 15) is 0 Å². The van der Waals surface area contributed by atoms with Crippen LogP contribution in [0.2, 0.25) is 0 Å². The van der Waals surface area contributed by atoms with Crippen LogP contribution in [0.1, 0.15) is 23.2 Å². The van der Waals surface area contributed by atoms with Crippen molar-refractivity contribution in [2.45, 2.75) is 18.8 Å². The first kappa shape index (κ1) is 14.5. The summed E-state index contributed by atoms with van der Waals surface area (Å²) < 4.78 is 1.85. The Kier molecular flexibility index (Phi) is 4.63. The fourth-order valence-electron chi connectivity index (χ4n) is 2.57. The van der Waals surface area contributed by atoms with Crippen molar-refractivity contribution >= 4 is 0 Å². The Bertz CT molecular complexity index is 665. The van der Waals surface area contributed by atoms with Crippen molar-refractivity contribution in [3.63, 3.8) is 0 Å². The fourth-order valence-corrected chi connectivity index (χ4v) is 2.57. The van der Waals surface area contributed by atoms with Gasteiger partial charge in [0.2, 0.25) is 0 Å². The number of nitrogens with zero attached hydrogens (tertiary/aromatic N) is 2. The van der Waals surface area contributed by atoms with Gasteiger partial charge in [0.15, 0.2) is 0 Å². The number of hydrogen-bond donors (Lipinski definition) is 2. The van der Waals surface area contributed by atoms with Crippen molar-refractivity contribution in [3.05, 3.63) is 90.3 Å². The second-order valence-electron chi connectivity index (χ2n) is 5.23. The molecule has 2 unspecified atom stereocenters. The molecule has 3 rings (SSSR count). The molecule has 1 aromatic heterocycles. The van der Waals surface area contributed by atoms with E-state index in [2.05, 4.69) is 34.7 Å². The molecular weight excluding hydrogens is 272 g/mol. The Morgan fingerprint density at radius 1 is 0.909 bits per heavy atom. The predicted octanol–water partition coefficient (Wildman–Crippen LogP) is 2.87. The third kappa shape index (κ3) is 3.42. The van der Waals surface area contributed by atoms with Crippen molar-refractivity contribution in [1.29, 1.82) is 0 Å². The molecule has 3 N–H and O–H groups in total. The van der Waals surface area contributed by atoms with Crippen LogP contribution in [0, 0.1) is 0 Å². The molecule has 0 amide bonds. The van der Waals surface area contributed by atoms with E-state index in [1.54, 1.807) is 6.20 Å². The molecule has 112 valence electrons. The molecule has 0 fully saturated rings. The van der Waals surface area contributed by atoms with Crippen molar-refractivity contribution < 1.29 is 0 Å². The summed E-state index contributed by atoms with van der Waals surface area (Å²) in [7, 11) is 0. The van der Waals surface area contributed by atoms with Crippen LogP contribution in [0.5, 0.6) is 0 Å². The molecule has 0 saturated heterocycles. The van der Waals surface area contributed by atoms with Crippen LogP contribution < -0.4 is 11.1 Å². The Balaban J connectivity index is 1.82. The largest absolute Gasteiger partial charge is 0.322 e. The summed E-state index contributed by atoms with van der Waals surface area (Å²) in [6, 6.07) is 22.3. The summed E-state index contributed by atoms with van der Waals surface area (Å²) in [5, 5.41) is 7.74. The van der Waals surface area contributed by atoms with Crippen LogP contribution in [0.4, 0.5) is 0 Å². The highest BCUT2D eigenvalue weighted by Crippen LogP contribution is 2.26. The number of benzene rings is 2. The Morgan fingerprint density at radius 3 is 2.14 bits per heavy atom. The number of hydrogen-bond acceptors (Lipinski definition) is 3. The third-order valence-electron chi connectivity index (χ3n) is 3.73. The van der Waals surface area contributed by atoms with Gasteiger partial charge in [-0.25, -0.2) is 0 Å². The van der Waals surface area contributed by atoms with Crippen LogP contribution in [0.3, 0.4) is 0 Å². The minimum Gasteiger partial charge on any atom is -0.322 e. The molecule has 3 aromatic rings. The molecule has 2 aromatic carbocycles. The minimum atomic E-state index is -0.126. The Labute approximate surface area is 130 Å². The predicted molar refractivity (Wildman–Crippen MR) is 87.9 cm³/mol. The van der Waals surface area contributed by atoms with Gasteiger partial charge in [0.25, 0.3) is 0 Å². The lowest BCUT2D eigenvalue weighted by Crippen LogP contribution is -2.33. The van der Waals surface area contributed by atoms with Crippen LogP contribution in [-0.2, 0) is 6.67 Å². The minimum absolute atomic E-state index is 0.0211. The summed E-state index contributed by atoms with van der Waals surface area (Å²) in [6.07, 6.45) is 3.71. The molecule has 22 heavy (non-hydrogen) atoms. The third-order valence-corrected chi connectivity index (χ3v) is 3.73. The zero-order valence-corrected chi connectivity index (χ0v) is 12.3. The van der Waals surface area contributed by atoms with E-state index in [0.29, 0.717) is 6.67 Å². The SMILES string of the molecule is NC(c1ccccc1)C(NCn1cccn1)c1ccccc1. The van der Waals surface area contributed by atoms with Gasteiger partial charge >= 0.3 is 0 Å². The number of aromatic nitrogens is 2. The number of nitrogens with two attached hydrogens (primary N) is 1. The monoisotopic (exact) mass is 292 g/mol. The van der Waals surface area contributed by atoms with Gasteiger partial charge in [0.05, 0.1) is 12.7 Å². The molecule has 2 atom stereocenters. The lowest BCUT2D eigenvalue weighted by Gasteiger charge is -2.26. The van der Waals surface area contributed by atoms with E-state index < -0.39 is 0 Å². The summed E-state index contributed by atoms with van der Waals surface area (Å²) in [5.41, 5.74) is 8.81. The second kappa shape index (κ2) is 7.02. The standard InChI is InChI=1S/C18H20N4/c19-17(15-8-3-1-4-9-15)18(16-10-5-2-6-11-16)20-14-22-13-7-12-21-22/h1-13,17-18,20H,14,19H2. The molecule has 0 bridgehead atoms. The quantitative estimate of drug-likeness (QED) is 0.734. The fraction of sp³-hybridized carbons (Fsp3) is 0.167. The van der Waals surface area contributed by atoms with E-state index >= 15 is 0 Å². The average Bonchev–Trinajstić information content (AvgIpc) is 3.10. The first-order chi connectivity index (χ1) is 10.8. The molecule has 0 radical (unpaired) electrons. The highest BCUT2D eigenvalue weighted by molar-refractivity contribution is 5.27. The highest BCUT2D eigenvalue weighted by atomic mass is 15.3. The van der Waals surface area contributed by atoms with Crippen LogP contribution in [0.15, 0.2) is 79.1 Å². The summed E-state index contributed by atoms with van der Waals surface area (Å²) in [6.45, 7) is 0.618. The van der Waals surface area contributed by atoms with Crippen LogP contribution >= 0.6 is 0 Å². The van der Waals surface area contributed by atoms with Crippen molar-refractivity contribution in [1.82, 2.24) is 15.1 Å². The molecule has 0 spiro atoms. The topological polar surface area (TPSA) is 55.9 Å². The van der Waals surface area contributed by atoms with Crippen LogP contribution in [-0.4, -0.2) is 9.78 Å². The maximum Gasteiger partial charge on any atom is 0.0909 e. The molecular formula is C18H20N4. The Hall–Kier alpha value is -2.43. The molecule has 0 aliphatic carbocycles. The second-order valence-corrected chi connectivity index (χ2v) is 5.23. The number of nitrogens with one attached hydrogen (secondary N) is 1. The van der Waals surface area contributed by atoms with Gasteiger partial charge in [-0.05, 0) is 17.2 Å².